The van der Waals surface area contributed by atoms with Gasteiger partial charge >= 0.3 is 0 Å². The molecule has 2 nitrogen and oxygen atoms in total. The Hall–Kier alpha value is -0.0800. The summed E-state index contributed by atoms with van der Waals surface area (Å²) in [6.07, 6.45) is 1.97. The highest BCUT2D eigenvalue weighted by molar-refractivity contribution is 4.86. The van der Waals surface area contributed by atoms with Crippen LogP contribution in [-0.2, 0) is 0 Å². The first-order chi connectivity index (χ1) is 4.75. The second kappa shape index (κ2) is 3.35. The molecule has 0 bridgehead atoms. The third-order valence-corrected chi connectivity index (χ3v) is 2.49. The number of rotatable bonds is 2. The molecule has 1 fully saturated rings. The zero-order valence-corrected chi connectivity index (χ0v) is 6.80. The first-order valence-corrected chi connectivity index (χ1v) is 4.17. The summed E-state index contributed by atoms with van der Waals surface area (Å²) >= 11 is 0. The number of hydrogen-bond acceptors (Lipinski definition) is 2. The predicted molar refractivity (Wildman–Crippen MR) is 41.9 cm³/mol. The third kappa shape index (κ3) is 1.50. The van der Waals surface area contributed by atoms with E-state index in [0.717, 1.165) is 19.4 Å². The molecule has 0 aliphatic carbocycles. The van der Waals surface area contributed by atoms with E-state index in [9.17, 15) is 5.11 Å². The van der Waals surface area contributed by atoms with Gasteiger partial charge in [0, 0.05) is 6.04 Å². The number of nitrogens with one attached hydrogen (secondary N) is 1. The lowest BCUT2D eigenvalue weighted by molar-refractivity contribution is 0.134. The van der Waals surface area contributed by atoms with Gasteiger partial charge in [0.2, 0.25) is 0 Å². The zero-order chi connectivity index (χ0) is 7.56. The Bertz CT molecular complexity index is 105. The average Bonchev–Trinajstić information content (AvgIpc) is 2.34. The Balaban J connectivity index is 2.38. The van der Waals surface area contributed by atoms with Gasteiger partial charge in [-0.1, -0.05) is 20.3 Å². The Labute approximate surface area is 62.6 Å². The van der Waals surface area contributed by atoms with E-state index in [-0.39, 0.29) is 6.10 Å². The number of aliphatic hydroxyl groups excluding tert-OH is 1. The van der Waals surface area contributed by atoms with Crippen molar-refractivity contribution in [3.8, 4) is 0 Å². The van der Waals surface area contributed by atoms with Crippen LogP contribution in [0.4, 0.5) is 0 Å². The maximum Gasteiger partial charge on any atom is 0.0707 e. The first-order valence-electron chi connectivity index (χ1n) is 4.17. The van der Waals surface area contributed by atoms with Gasteiger partial charge in [-0.05, 0) is 18.9 Å². The highest BCUT2D eigenvalue weighted by atomic mass is 16.3. The number of aliphatic hydroxyl groups is 1. The molecule has 0 spiro atoms. The molecule has 1 saturated heterocycles. The normalized spacial score (nSPS) is 36.3. The third-order valence-electron chi connectivity index (χ3n) is 2.49. The van der Waals surface area contributed by atoms with E-state index in [1.54, 1.807) is 0 Å². The van der Waals surface area contributed by atoms with Gasteiger partial charge in [-0.3, -0.25) is 0 Å². The number of hydrogen-bond donors (Lipinski definition) is 2. The van der Waals surface area contributed by atoms with Gasteiger partial charge in [0.15, 0.2) is 0 Å². The van der Waals surface area contributed by atoms with E-state index < -0.39 is 0 Å². The lowest BCUT2D eigenvalue weighted by Gasteiger charge is -2.20. The van der Waals surface area contributed by atoms with Crippen molar-refractivity contribution in [2.24, 2.45) is 5.92 Å². The maximum absolute atomic E-state index is 9.43. The molecule has 0 aromatic carbocycles. The molecule has 2 heteroatoms. The van der Waals surface area contributed by atoms with Crippen molar-refractivity contribution in [1.82, 2.24) is 5.32 Å². The summed E-state index contributed by atoms with van der Waals surface area (Å²) in [6, 6.07) is 0.352. The van der Waals surface area contributed by atoms with Gasteiger partial charge in [-0.2, -0.15) is 0 Å². The Morgan fingerprint density at radius 2 is 2.40 bits per heavy atom. The van der Waals surface area contributed by atoms with Crippen LogP contribution in [0, 0.1) is 5.92 Å². The summed E-state index contributed by atoms with van der Waals surface area (Å²) in [7, 11) is 0. The maximum atomic E-state index is 9.43. The Kier molecular flexibility index (Phi) is 2.69. The Morgan fingerprint density at radius 1 is 1.70 bits per heavy atom. The fourth-order valence-electron chi connectivity index (χ4n) is 1.55. The topological polar surface area (TPSA) is 32.3 Å². The highest BCUT2D eigenvalue weighted by Gasteiger charge is 2.27. The second-order valence-corrected chi connectivity index (χ2v) is 3.22. The van der Waals surface area contributed by atoms with Crippen molar-refractivity contribution in [1.29, 1.82) is 0 Å². The first kappa shape index (κ1) is 8.02. The standard InChI is InChI=1S/C8H17NO/c1-3-6(2)8-7(10)4-5-9-8/h6-10H,3-5H2,1-2H3. The summed E-state index contributed by atoms with van der Waals surface area (Å²) in [6.45, 7) is 5.33. The fourth-order valence-corrected chi connectivity index (χ4v) is 1.55. The van der Waals surface area contributed by atoms with Crippen LogP contribution in [0.15, 0.2) is 0 Å². The molecular formula is C8H17NO. The van der Waals surface area contributed by atoms with Crippen LogP contribution in [0.3, 0.4) is 0 Å². The lowest BCUT2D eigenvalue weighted by atomic mass is 9.96. The van der Waals surface area contributed by atoms with Crippen molar-refractivity contribution in [3.05, 3.63) is 0 Å². The summed E-state index contributed by atoms with van der Waals surface area (Å²) in [5.41, 5.74) is 0. The molecule has 1 rings (SSSR count). The largest absolute Gasteiger partial charge is 0.391 e. The smallest absolute Gasteiger partial charge is 0.0707 e. The lowest BCUT2D eigenvalue weighted by Crippen LogP contribution is -2.36. The molecule has 10 heavy (non-hydrogen) atoms. The molecule has 3 atom stereocenters. The molecule has 0 saturated carbocycles. The minimum absolute atomic E-state index is 0.102. The molecular weight excluding hydrogens is 126 g/mol. The quantitative estimate of drug-likeness (QED) is 0.598. The van der Waals surface area contributed by atoms with Crippen molar-refractivity contribution in [3.63, 3.8) is 0 Å². The molecule has 1 heterocycles. The van der Waals surface area contributed by atoms with E-state index in [1.807, 2.05) is 0 Å². The molecule has 0 aromatic rings. The van der Waals surface area contributed by atoms with Crippen molar-refractivity contribution in [2.75, 3.05) is 6.54 Å². The van der Waals surface area contributed by atoms with E-state index in [2.05, 4.69) is 19.2 Å². The molecule has 0 radical (unpaired) electrons. The monoisotopic (exact) mass is 143 g/mol. The van der Waals surface area contributed by atoms with E-state index in [0.29, 0.717) is 12.0 Å². The van der Waals surface area contributed by atoms with Gasteiger partial charge in [-0.15, -0.1) is 0 Å². The minimum Gasteiger partial charge on any atom is -0.391 e. The van der Waals surface area contributed by atoms with Crippen LogP contribution < -0.4 is 5.32 Å². The SMILES string of the molecule is CCC(C)C1NCCC1O. The second-order valence-electron chi connectivity index (χ2n) is 3.22. The van der Waals surface area contributed by atoms with Crippen molar-refractivity contribution >= 4 is 0 Å². The highest BCUT2D eigenvalue weighted by Crippen LogP contribution is 2.17. The minimum atomic E-state index is -0.102. The fraction of sp³-hybridized carbons (Fsp3) is 1.00. The summed E-state index contributed by atoms with van der Waals surface area (Å²) < 4.78 is 0. The van der Waals surface area contributed by atoms with Crippen LogP contribution in [0.5, 0.6) is 0 Å². The van der Waals surface area contributed by atoms with E-state index >= 15 is 0 Å². The van der Waals surface area contributed by atoms with Crippen LogP contribution in [0.25, 0.3) is 0 Å². The Morgan fingerprint density at radius 3 is 2.80 bits per heavy atom. The van der Waals surface area contributed by atoms with Gasteiger partial charge < -0.3 is 10.4 Å². The predicted octanol–water partition coefficient (Wildman–Crippen LogP) is 0.755. The molecule has 0 aromatic heterocycles. The van der Waals surface area contributed by atoms with Crippen molar-refractivity contribution < 1.29 is 5.11 Å². The zero-order valence-electron chi connectivity index (χ0n) is 6.80. The van der Waals surface area contributed by atoms with Gasteiger partial charge in [0.1, 0.15) is 0 Å². The van der Waals surface area contributed by atoms with Crippen LogP contribution in [0.2, 0.25) is 0 Å². The molecule has 2 N–H and O–H groups in total. The van der Waals surface area contributed by atoms with Gasteiger partial charge in [0.25, 0.3) is 0 Å². The average molecular weight is 143 g/mol. The molecule has 1 aliphatic heterocycles. The van der Waals surface area contributed by atoms with Crippen LogP contribution >= 0.6 is 0 Å². The van der Waals surface area contributed by atoms with Crippen LogP contribution in [-0.4, -0.2) is 23.8 Å². The summed E-state index contributed by atoms with van der Waals surface area (Å²) in [5, 5.41) is 12.7. The molecule has 3 unspecified atom stereocenters. The van der Waals surface area contributed by atoms with Gasteiger partial charge in [0.05, 0.1) is 6.10 Å². The van der Waals surface area contributed by atoms with E-state index in [4.69, 9.17) is 0 Å². The molecule has 0 amide bonds. The van der Waals surface area contributed by atoms with Crippen LogP contribution in [0.1, 0.15) is 26.7 Å². The van der Waals surface area contributed by atoms with Crippen molar-refractivity contribution in [2.45, 2.75) is 38.8 Å². The summed E-state index contributed by atoms with van der Waals surface area (Å²) in [5.74, 6) is 0.609. The molecule has 60 valence electrons. The molecule has 1 aliphatic rings. The summed E-state index contributed by atoms with van der Waals surface area (Å²) in [4.78, 5) is 0. The van der Waals surface area contributed by atoms with E-state index in [1.165, 1.54) is 0 Å². The van der Waals surface area contributed by atoms with Gasteiger partial charge in [-0.25, -0.2) is 0 Å².